The van der Waals surface area contributed by atoms with Crippen LogP contribution in [0.3, 0.4) is 0 Å². The molecule has 14 aromatic carbocycles. The highest BCUT2D eigenvalue weighted by molar-refractivity contribution is 7.35. The van der Waals surface area contributed by atoms with E-state index in [1.807, 2.05) is 189 Å². The molecule has 0 aliphatic heterocycles. The van der Waals surface area contributed by atoms with Gasteiger partial charge in [0, 0.05) is 105 Å². The fourth-order valence-electron chi connectivity index (χ4n) is 16.8. The molecule has 18 heteroatoms. The van der Waals surface area contributed by atoms with Gasteiger partial charge in [-0.2, -0.15) is 19.9 Å². The van der Waals surface area contributed by atoms with E-state index in [2.05, 4.69) is 268 Å². The largest absolute Gasteiger partial charge is 0.306 e. The SMILES string of the molecule is c1ccc(-c2ccc(-c3nc(-c4ccccc4)nc(-n4c5c6ccccc6sc5c5sc6ccccc6c54)n3)cc2)cc1.c1ccc(-c2nc(-c3ccccc3)nc(-c3ccc(-n4c5c6ccccc6sc5c5sc6ccccc6c54)cc3)n2)cc1.c1ccc(-c2nc(-c3ccccc3)nc(-n3c4c5ccccc5sc4c4sc5ccccc5c43)n2)cc1. The monoisotopic (exact) mass is 1680 g/mol. The zero-order valence-electron chi connectivity index (χ0n) is 65.1. The molecule has 0 aliphatic carbocycles. The zero-order valence-corrected chi connectivity index (χ0v) is 70.0. The van der Waals surface area contributed by atoms with E-state index in [4.69, 9.17) is 44.9 Å². The van der Waals surface area contributed by atoms with E-state index < -0.39 is 0 Å². The predicted octanol–water partition coefficient (Wildman–Crippen LogP) is 29.5. The number of thiophene rings is 6. The third-order valence-corrected chi connectivity index (χ3v) is 29.9. The molecule has 0 saturated carbocycles. The van der Waals surface area contributed by atoms with E-state index in [9.17, 15) is 0 Å². The molecule has 26 aromatic rings. The van der Waals surface area contributed by atoms with Gasteiger partial charge in [0.15, 0.2) is 40.8 Å². The van der Waals surface area contributed by atoms with Crippen LogP contribution in [0.15, 0.2) is 376 Å². The molecule has 0 amide bonds. The Morgan fingerprint density at radius 2 is 0.317 bits per heavy atom. The minimum Gasteiger partial charge on any atom is -0.306 e. The molecule has 0 aliphatic rings. The maximum absolute atomic E-state index is 5.20. The van der Waals surface area contributed by atoms with Crippen molar-refractivity contribution < 1.29 is 0 Å². The fourth-order valence-corrected chi connectivity index (χ4v) is 24.3. The van der Waals surface area contributed by atoms with Gasteiger partial charge in [0.25, 0.3) is 0 Å². The molecule has 0 bridgehead atoms. The van der Waals surface area contributed by atoms with Crippen LogP contribution in [0.1, 0.15) is 0 Å². The molecular weight excluding hydrogens is 1620 g/mol. The van der Waals surface area contributed by atoms with Crippen LogP contribution in [0.25, 0.3) is 230 Å². The number of fused-ring (bicyclic) bond motifs is 21. The van der Waals surface area contributed by atoms with Crippen LogP contribution in [0, 0.1) is 0 Å². The Morgan fingerprint density at radius 3 is 0.561 bits per heavy atom. The Kier molecular flexibility index (Phi) is 17.8. The Morgan fingerprint density at radius 1 is 0.146 bits per heavy atom. The number of hydrogen-bond donors (Lipinski definition) is 0. The first kappa shape index (κ1) is 72.3. The first-order valence-corrected chi connectivity index (χ1v) is 45.2. The van der Waals surface area contributed by atoms with Crippen LogP contribution in [-0.4, -0.2) is 58.6 Å². The fraction of sp³-hybridized carbons (Fsp3) is 0. The van der Waals surface area contributed by atoms with Gasteiger partial charge in [-0.25, -0.2) is 24.9 Å². The molecule has 578 valence electrons. The molecule has 12 nitrogen and oxygen atoms in total. The maximum atomic E-state index is 5.20. The molecule has 26 rings (SSSR count). The molecule has 0 radical (unpaired) electrons. The van der Waals surface area contributed by atoms with Crippen molar-refractivity contribution in [1.29, 1.82) is 0 Å². The molecule has 12 aromatic heterocycles. The van der Waals surface area contributed by atoms with Crippen molar-refractivity contribution in [3.63, 3.8) is 0 Å². The summed E-state index contributed by atoms with van der Waals surface area (Å²) in [6.45, 7) is 0. The summed E-state index contributed by atoms with van der Waals surface area (Å²) in [5.41, 5.74) is 17.4. The van der Waals surface area contributed by atoms with Crippen molar-refractivity contribution in [2.45, 2.75) is 0 Å². The molecule has 0 spiro atoms. The maximum Gasteiger partial charge on any atom is 0.238 e. The number of benzene rings is 14. The van der Waals surface area contributed by atoms with Crippen molar-refractivity contribution in [2.24, 2.45) is 0 Å². The average molecular weight is 1680 g/mol. The second kappa shape index (κ2) is 30.2. The predicted molar refractivity (Wildman–Crippen MR) is 518 cm³/mol. The average Bonchev–Trinajstić information content (AvgIpc) is 1.55. The zero-order chi connectivity index (χ0) is 81.0. The molecular formula is C105H62N12S6. The molecule has 0 fully saturated rings. The van der Waals surface area contributed by atoms with Gasteiger partial charge in [0.1, 0.15) is 0 Å². The van der Waals surface area contributed by atoms with Crippen LogP contribution < -0.4 is 0 Å². The number of hydrogen-bond acceptors (Lipinski definition) is 15. The standard InChI is InChI=1S/2C37H22N4S2.C31H18N4S2/c1-3-11-23(12-4-1)24-19-21-26(22-20-24)36-38-35(25-13-5-2-6-14-25)39-37(40-36)41-31-27-15-7-9-17-29(27)42-33(31)34-32(41)28-16-8-10-18-30(28)43-34;1-3-11-23(12-4-1)35-38-36(24-13-5-2-6-14-24)40-37(39-35)25-19-21-26(22-20-25)41-31-27-15-7-9-17-29(27)42-33(31)34-32(41)28-16-8-10-18-30(28)43-34;1-3-11-19(12-4-1)29-32-30(20-13-5-2-6-14-20)34-31(33-29)35-25-21-15-7-9-17-23(21)36-27(25)28-26(35)22-16-8-10-18-24(22)37-28/h2*1-22H;1-18H. The molecule has 123 heavy (non-hydrogen) atoms. The van der Waals surface area contributed by atoms with Crippen LogP contribution in [0.4, 0.5) is 0 Å². The Hall–Kier alpha value is -14.7. The van der Waals surface area contributed by atoms with Gasteiger partial charge in [-0.15, -0.1) is 68.0 Å². The third-order valence-electron chi connectivity index (χ3n) is 22.5. The van der Waals surface area contributed by atoms with Crippen molar-refractivity contribution in [2.75, 3.05) is 0 Å². The second-order valence-electron chi connectivity index (χ2n) is 29.9. The summed E-state index contributed by atoms with van der Waals surface area (Å²) >= 11 is 11.1. The smallest absolute Gasteiger partial charge is 0.238 e. The van der Waals surface area contributed by atoms with Gasteiger partial charge in [-0.3, -0.25) is 9.13 Å². The summed E-state index contributed by atoms with van der Waals surface area (Å²) in [4.78, 5) is 45.2. The summed E-state index contributed by atoms with van der Waals surface area (Å²) in [5, 5.41) is 7.44. The number of rotatable bonds is 11. The van der Waals surface area contributed by atoms with Crippen LogP contribution in [-0.2, 0) is 0 Å². The number of aromatic nitrogens is 12. The Labute approximate surface area is 726 Å². The van der Waals surface area contributed by atoms with E-state index in [-0.39, 0.29) is 0 Å². The molecule has 12 heterocycles. The molecule has 0 saturated heterocycles. The van der Waals surface area contributed by atoms with E-state index >= 15 is 0 Å². The van der Waals surface area contributed by atoms with Crippen LogP contribution in [0.2, 0.25) is 0 Å². The van der Waals surface area contributed by atoms with Gasteiger partial charge in [-0.1, -0.05) is 315 Å². The Bertz CT molecular complexity index is 8170. The molecule has 0 atom stereocenters. The van der Waals surface area contributed by atoms with Crippen molar-refractivity contribution in [3.8, 4) is 108 Å². The van der Waals surface area contributed by atoms with Crippen molar-refractivity contribution >= 4 is 190 Å². The third kappa shape index (κ3) is 12.6. The van der Waals surface area contributed by atoms with E-state index in [1.54, 1.807) is 0 Å². The number of nitrogens with zero attached hydrogens (tertiary/aromatic N) is 12. The van der Waals surface area contributed by atoms with Crippen molar-refractivity contribution in [1.82, 2.24) is 58.6 Å². The highest BCUT2D eigenvalue weighted by Gasteiger charge is 2.29. The van der Waals surface area contributed by atoms with Crippen molar-refractivity contribution in [3.05, 3.63) is 376 Å². The van der Waals surface area contributed by atoms with E-state index in [0.29, 0.717) is 52.7 Å². The minimum atomic E-state index is 0.628. The lowest BCUT2D eigenvalue weighted by Crippen LogP contribution is -2.06. The topological polar surface area (TPSA) is 131 Å². The summed E-state index contributed by atoms with van der Waals surface area (Å²) in [5.74, 6) is 5.89. The van der Waals surface area contributed by atoms with Crippen LogP contribution >= 0.6 is 68.0 Å². The second-order valence-corrected chi connectivity index (χ2v) is 36.2. The lowest BCUT2D eigenvalue weighted by atomic mass is 10.0. The first-order valence-electron chi connectivity index (χ1n) is 40.3. The summed E-state index contributed by atoms with van der Waals surface area (Å²) in [6, 6.07) is 130. The summed E-state index contributed by atoms with van der Waals surface area (Å²) in [6.07, 6.45) is 0. The summed E-state index contributed by atoms with van der Waals surface area (Å²) in [7, 11) is 0. The Balaban J connectivity index is 0.000000104. The highest BCUT2D eigenvalue weighted by atomic mass is 32.1. The molecule has 0 unspecified atom stereocenters. The molecule has 0 N–H and O–H groups in total. The van der Waals surface area contributed by atoms with E-state index in [0.717, 1.165) is 72.3 Å². The lowest BCUT2D eigenvalue weighted by molar-refractivity contribution is 0.957. The van der Waals surface area contributed by atoms with Gasteiger partial charge in [0.05, 0.1) is 61.3 Å². The highest BCUT2D eigenvalue weighted by Crippen LogP contribution is 2.52. The normalized spacial score (nSPS) is 11.7. The lowest BCUT2D eigenvalue weighted by Gasteiger charge is -2.11. The quantitative estimate of drug-likeness (QED) is 0.124. The van der Waals surface area contributed by atoms with Gasteiger partial charge in [-0.05, 0) is 71.8 Å². The van der Waals surface area contributed by atoms with Gasteiger partial charge in [0.2, 0.25) is 11.9 Å². The van der Waals surface area contributed by atoms with E-state index in [1.165, 1.54) is 105 Å². The minimum absolute atomic E-state index is 0.628. The van der Waals surface area contributed by atoms with Gasteiger partial charge < -0.3 is 4.57 Å². The summed E-state index contributed by atoms with van der Waals surface area (Å²) < 4.78 is 22.4. The first-order chi connectivity index (χ1) is 61.0. The van der Waals surface area contributed by atoms with Crippen LogP contribution in [0.5, 0.6) is 0 Å². The van der Waals surface area contributed by atoms with Gasteiger partial charge >= 0.3 is 0 Å².